The minimum atomic E-state index is 0.0271. The summed E-state index contributed by atoms with van der Waals surface area (Å²) >= 11 is 5.59. The Morgan fingerprint density at radius 2 is 1.89 bits per heavy atom. The minimum absolute atomic E-state index is 0.0271. The van der Waals surface area contributed by atoms with Crippen LogP contribution in [-0.2, 0) is 0 Å². The van der Waals surface area contributed by atoms with Crippen LogP contribution in [0, 0.1) is 3.57 Å². The van der Waals surface area contributed by atoms with E-state index in [1.165, 1.54) is 32.1 Å². The van der Waals surface area contributed by atoms with Gasteiger partial charge in [0.1, 0.15) is 0 Å². The van der Waals surface area contributed by atoms with Gasteiger partial charge in [0.05, 0.1) is 5.56 Å². The van der Waals surface area contributed by atoms with E-state index in [2.05, 4.69) is 50.8 Å². The summed E-state index contributed by atoms with van der Waals surface area (Å²) in [6.45, 7) is 2.99. The maximum absolute atomic E-state index is 12.0. The molecule has 1 N–H and O–H groups in total. The minimum Gasteiger partial charge on any atom is -0.352 e. The summed E-state index contributed by atoms with van der Waals surface area (Å²) in [4.78, 5) is 12.0. The van der Waals surface area contributed by atoms with Gasteiger partial charge in [-0.15, -0.1) is 0 Å². The molecule has 0 aliphatic rings. The Bertz CT molecular complexity index is 409. The average Bonchev–Trinajstić information content (AvgIpc) is 2.40. The van der Waals surface area contributed by atoms with Gasteiger partial charge in [-0.3, -0.25) is 4.79 Å². The highest BCUT2D eigenvalue weighted by Gasteiger charge is 2.09. The number of rotatable bonds is 8. The first-order valence-electron chi connectivity index (χ1n) is 6.88. The largest absolute Gasteiger partial charge is 0.352 e. The second-order valence-corrected chi connectivity index (χ2v) is 6.73. The van der Waals surface area contributed by atoms with Crippen molar-refractivity contribution in [2.24, 2.45) is 0 Å². The molecule has 0 radical (unpaired) electrons. The maximum atomic E-state index is 12.0. The molecule has 1 aromatic rings. The quantitative estimate of drug-likeness (QED) is 0.442. The van der Waals surface area contributed by atoms with Crippen LogP contribution in [0.1, 0.15) is 55.8 Å². The first-order valence-corrected chi connectivity index (χ1v) is 8.75. The fourth-order valence-corrected chi connectivity index (χ4v) is 2.82. The number of carbonyl (C=O) groups is 1. The highest BCUT2D eigenvalue weighted by atomic mass is 127. The highest BCUT2D eigenvalue weighted by molar-refractivity contribution is 14.1. The van der Waals surface area contributed by atoms with E-state index in [1.54, 1.807) is 0 Å². The smallest absolute Gasteiger partial charge is 0.252 e. The van der Waals surface area contributed by atoms with E-state index in [0.29, 0.717) is 0 Å². The number of amides is 1. The summed E-state index contributed by atoms with van der Waals surface area (Å²) in [6.07, 6.45) is 7.46. The van der Waals surface area contributed by atoms with Crippen molar-refractivity contribution in [2.75, 3.05) is 6.54 Å². The number of unbranched alkanes of at least 4 members (excludes halogenated alkanes) is 5. The highest BCUT2D eigenvalue weighted by Crippen LogP contribution is 2.18. The zero-order valence-corrected chi connectivity index (χ0v) is 15.1. The van der Waals surface area contributed by atoms with Gasteiger partial charge >= 0.3 is 0 Å². The molecule has 0 spiro atoms. The first-order chi connectivity index (χ1) is 9.15. The van der Waals surface area contributed by atoms with E-state index in [9.17, 15) is 4.79 Å². The van der Waals surface area contributed by atoms with Gasteiger partial charge in [0.15, 0.2) is 0 Å². The lowest BCUT2D eigenvalue weighted by molar-refractivity contribution is 0.0952. The normalized spacial score (nSPS) is 10.5. The van der Waals surface area contributed by atoms with Crippen molar-refractivity contribution >= 4 is 44.4 Å². The van der Waals surface area contributed by atoms with E-state index in [4.69, 9.17) is 0 Å². The van der Waals surface area contributed by atoms with Crippen LogP contribution in [0.3, 0.4) is 0 Å². The molecule has 4 heteroatoms. The third-order valence-electron chi connectivity index (χ3n) is 2.99. The number of nitrogens with one attached hydrogen (secondary N) is 1. The molecule has 0 bridgehead atoms. The molecule has 0 aromatic heterocycles. The molecular weight excluding hydrogens is 417 g/mol. The Balaban J connectivity index is 2.26. The summed E-state index contributed by atoms with van der Waals surface area (Å²) < 4.78 is 1.93. The standard InChI is InChI=1S/C15H21BrINO/c1-2-3-4-5-6-7-10-18-15(19)13-11-12(16)8-9-14(13)17/h8-9,11H,2-7,10H2,1H3,(H,18,19). The third-order valence-corrected chi connectivity index (χ3v) is 4.42. The molecule has 0 atom stereocenters. The van der Waals surface area contributed by atoms with Gasteiger partial charge in [-0.2, -0.15) is 0 Å². The fourth-order valence-electron chi connectivity index (χ4n) is 1.87. The van der Waals surface area contributed by atoms with Gasteiger partial charge in [0.2, 0.25) is 0 Å². The number of hydrogen-bond donors (Lipinski definition) is 1. The summed E-state index contributed by atoms with van der Waals surface area (Å²) in [5, 5.41) is 2.99. The van der Waals surface area contributed by atoms with E-state index in [1.807, 2.05) is 18.2 Å². The molecule has 1 amide bonds. The molecule has 0 unspecified atom stereocenters. The summed E-state index contributed by atoms with van der Waals surface area (Å²) in [6, 6.07) is 5.77. The number of benzene rings is 1. The van der Waals surface area contributed by atoms with Crippen molar-refractivity contribution in [1.29, 1.82) is 0 Å². The fraction of sp³-hybridized carbons (Fsp3) is 0.533. The molecule has 0 heterocycles. The molecular formula is C15H21BrINO. The molecule has 2 nitrogen and oxygen atoms in total. The van der Waals surface area contributed by atoms with Gasteiger partial charge in [-0.25, -0.2) is 0 Å². The van der Waals surface area contributed by atoms with Gasteiger partial charge in [-0.1, -0.05) is 55.0 Å². The molecule has 1 rings (SSSR count). The monoisotopic (exact) mass is 437 g/mol. The summed E-state index contributed by atoms with van der Waals surface area (Å²) in [7, 11) is 0. The second kappa shape index (κ2) is 9.75. The van der Waals surface area contributed by atoms with Crippen molar-refractivity contribution in [2.45, 2.75) is 45.4 Å². The van der Waals surface area contributed by atoms with Crippen molar-refractivity contribution in [3.63, 3.8) is 0 Å². The molecule has 19 heavy (non-hydrogen) atoms. The van der Waals surface area contributed by atoms with E-state index >= 15 is 0 Å². The van der Waals surface area contributed by atoms with Crippen molar-refractivity contribution in [3.05, 3.63) is 31.8 Å². The molecule has 106 valence electrons. The van der Waals surface area contributed by atoms with Crippen molar-refractivity contribution < 1.29 is 4.79 Å². The second-order valence-electron chi connectivity index (χ2n) is 4.65. The van der Waals surface area contributed by atoms with Crippen LogP contribution >= 0.6 is 38.5 Å². The third kappa shape index (κ3) is 6.75. The van der Waals surface area contributed by atoms with Crippen LogP contribution in [0.25, 0.3) is 0 Å². The molecule has 0 fully saturated rings. The topological polar surface area (TPSA) is 29.1 Å². The van der Waals surface area contributed by atoms with Gasteiger partial charge in [-0.05, 0) is 47.2 Å². The summed E-state index contributed by atoms with van der Waals surface area (Å²) in [5.41, 5.74) is 0.751. The lowest BCUT2D eigenvalue weighted by atomic mass is 10.1. The van der Waals surface area contributed by atoms with Gasteiger partial charge in [0.25, 0.3) is 5.91 Å². The van der Waals surface area contributed by atoms with E-state index < -0.39 is 0 Å². The average molecular weight is 438 g/mol. The number of carbonyl (C=O) groups excluding carboxylic acids is 1. The first kappa shape index (κ1) is 17.0. The van der Waals surface area contributed by atoms with Crippen molar-refractivity contribution in [3.8, 4) is 0 Å². The molecule has 1 aromatic carbocycles. The SMILES string of the molecule is CCCCCCCCNC(=O)c1cc(Br)ccc1I. The van der Waals surface area contributed by atoms with Crippen molar-refractivity contribution in [1.82, 2.24) is 5.32 Å². The molecule has 0 aliphatic carbocycles. The molecule has 0 aliphatic heterocycles. The Kier molecular flexibility index (Phi) is 8.70. The van der Waals surface area contributed by atoms with Crippen LogP contribution in [0.4, 0.5) is 0 Å². The predicted molar refractivity (Wildman–Crippen MR) is 92.6 cm³/mol. The zero-order chi connectivity index (χ0) is 14.1. The van der Waals surface area contributed by atoms with Crippen LogP contribution in [0.15, 0.2) is 22.7 Å². The van der Waals surface area contributed by atoms with Crippen LogP contribution in [-0.4, -0.2) is 12.5 Å². The van der Waals surface area contributed by atoms with E-state index in [-0.39, 0.29) is 5.91 Å². The van der Waals surface area contributed by atoms with Crippen LogP contribution in [0.2, 0.25) is 0 Å². The van der Waals surface area contributed by atoms with Gasteiger partial charge < -0.3 is 5.32 Å². The molecule has 0 saturated heterocycles. The predicted octanol–water partition coefficient (Wildman–Crippen LogP) is 5.14. The van der Waals surface area contributed by atoms with E-state index in [0.717, 1.165) is 26.6 Å². The molecule has 0 saturated carbocycles. The Morgan fingerprint density at radius 3 is 2.63 bits per heavy atom. The lowest BCUT2D eigenvalue weighted by Gasteiger charge is -2.07. The van der Waals surface area contributed by atoms with Crippen LogP contribution in [0.5, 0.6) is 0 Å². The van der Waals surface area contributed by atoms with Crippen LogP contribution < -0.4 is 5.32 Å². The zero-order valence-electron chi connectivity index (χ0n) is 11.3. The van der Waals surface area contributed by atoms with Gasteiger partial charge in [0, 0.05) is 14.6 Å². The number of halogens is 2. The summed E-state index contributed by atoms with van der Waals surface area (Å²) in [5.74, 6) is 0.0271. The lowest BCUT2D eigenvalue weighted by Crippen LogP contribution is -2.25. The Labute approximate surface area is 138 Å². The maximum Gasteiger partial charge on any atom is 0.252 e. The number of hydrogen-bond acceptors (Lipinski definition) is 1. The Morgan fingerprint density at radius 1 is 1.21 bits per heavy atom. The Hall–Kier alpha value is -0.100.